The van der Waals surface area contributed by atoms with Crippen LogP contribution in [0.4, 0.5) is 0 Å². The number of nitrogens with one attached hydrogen (secondary N) is 1. The lowest BCUT2D eigenvalue weighted by atomic mass is 9.99. The molecule has 0 spiro atoms. The number of H-pyrrole nitrogens is 1. The molecule has 5 heteroatoms. The van der Waals surface area contributed by atoms with Crippen molar-refractivity contribution >= 4 is 21.8 Å². The molecule has 1 aromatic carbocycles. The third kappa shape index (κ3) is 1.81. The van der Waals surface area contributed by atoms with E-state index in [1.54, 1.807) is 4.68 Å². The largest absolute Gasteiger partial charge is 0.306 e. The van der Waals surface area contributed by atoms with E-state index in [-0.39, 0.29) is 5.56 Å². The quantitative estimate of drug-likeness (QED) is 0.741. The monoisotopic (exact) mass is 282 g/mol. The van der Waals surface area contributed by atoms with Gasteiger partial charge in [-0.3, -0.25) is 9.48 Å². The minimum absolute atomic E-state index is 0.0452. The van der Waals surface area contributed by atoms with Crippen LogP contribution in [0.3, 0.4) is 0 Å². The first kappa shape index (κ1) is 12.6. The first-order valence-electron chi connectivity index (χ1n) is 7.31. The Labute approximate surface area is 122 Å². The molecule has 1 fully saturated rings. The van der Waals surface area contributed by atoms with E-state index >= 15 is 0 Å². The summed E-state index contributed by atoms with van der Waals surface area (Å²) >= 11 is 0. The Balaban J connectivity index is 2.08. The molecule has 0 bridgehead atoms. The fourth-order valence-electron chi connectivity index (χ4n) is 3.47. The number of hydrogen-bond donors (Lipinski definition) is 1. The second-order valence-electron chi connectivity index (χ2n) is 5.98. The number of likely N-dealkylation sites (N-methyl/N-ethyl adjacent to an activating group) is 1. The van der Waals surface area contributed by atoms with Crippen LogP contribution >= 0.6 is 0 Å². The molecule has 2 aromatic heterocycles. The average molecular weight is 282 g/mol. The molecule has 0 saturated carbocycles. The van der Waals surface area contributed by atoms with E-state index in [9.17, 15) is 4.79 Å². The van der Waals surface area contributed by atoms with Gasteiger partial charge in [-0.05, 0) is 26.1 Å². The second kappa shape index (κ2) is 4.43. The Bertz CT molecular complexity index is 892. The van der Waals surface area contributed by atoms with E-state index in [1.807, 2.05) is 31.3 Å². The van der Waals surface area contributed by atoms with Crippen LogP contribution < -0.4 is 5.56 Å². The van der Waals surface area contributed by atoms with Gasteiger partial charge in [-0.1, -0.05) is 18.2 Å². The molecule has 3 heterocycles. The molecule has 1 aliphatic heterocycles. The average Bonchev–Trinajstić information content (AvgIpc) is 3.04. The van der Waals surface area contributed by atoms with Crippen molar-refractivity contribution in [1.29, 1.82) is 0 Å². The molecule has 1 unspecified atom stereocenters. The van der Waals surface area contributed by atoms with Gasteiger partial charge in [0.25, 0.3) is 5.56 Å². The number of aromatic amines is 1. The molecule has 0 radical (unpaired) electrons. The van der Waals surface area contributed by atoms with Gasteiger partial charge in [0.1, 0.15) is 5.65 Å². The van der Waals surface area contributed by atoms with E-state index in [2.05, 4.69) is 16.9 Å². The number of hydrogen-bond acceptors (Lipinski definition) is 3. The summed E-state index contributed by atoms with van der Waals surface area (Å²) in [6.07, 6.45) is 1.12. The summed E-state index contributed by atoms with van der Waals surface area (Å²) in [7, 11) is 4.04. The maximum Gasteiger partial charge on any atom is 0.257 e. The standard InChI is InChI=1S/C16H18N4O/c1-19-8-7-10(9-19)14-13-11-5-3-4-6-12(11)16(21)17-15(13)20(2)18-14/h3-6,10H,7-9H2,1-2H3,(H,17,21). The summed E-state index contributed by atoms with van der Waals surface area (Å²) in [5, 5.41) is 7.57. The number of likely N-dealkylation sites (tertiary alicyclic amines) is 1. The number of aryl methyl sites for hydroxylation is 1. The normalized spacial score (nSPS) is 19.8. The van der Waals surface area contributed by atoms with E-state index in [0.717, 1.165) is 47.0 Å². The van der Waals surface area contributed by atoms with Crippen molar-refractivity contribution in [2.45, 2.75) is 12.3 Å². The van der Waals surface area contributed by atoms with Crippen LogP contribution in [0.5, 0.6) is 0 Å². The van der Waals surface area contributed by atoms with Crippen molar-refractivity contribution < 1.29 is 0 Å². The number of fused-ring (bicyclic) bond motifs is 3. The molecule has 108 valence electrons. The predicted molar refractivity (Wildman–Crippen MR) is 83.7 cm³/mol. The van der Waals surface area contributed by atoms with Crippen LogP contribution in [0.25, 0.3) is 21.8 Å². The molecular weight excluding hydrogens is 264 g/mol. The number of nitrogens with zero attached hydrogens (tertiary/aromatic N) is 3. The zero-order chi connectivity index (χ0) is 14.6. The molecule has 1 atom stereocenters. The van der Waals surface area contributed by atoms with Gasteiger partial charge >= 0.3 is 0 Å². The van der Waals surface area contributed by atoms with E-state index in [1.165, 1.54) is 0 Å². The number of rotatable bonds is 1. The molecule has 3 aromatic rings. The van der Waals surface area contributed by atoms with Gasteiger partial charge in [-0.15, -0.1) is 0 Å². The van der Waals surface area contributed by atoms with Crippen LogP contribution in [-0.4, -0.2) is 39.8 Å². The fourth-order valence-corrected chi connectivity index (χ4v) is 3.47. The number of aromatic nitrogens is 3. The predicted octanol–water partition coefficient (Wildman–Crippen LogP) is 1.83. The summed E-state index contributed by atoms with van der Waals surface area (Å²) in [5.74, 6) is 0.438. The van der Waals surface area contributed by atoms with Gasteiger partial charge in [0.15, 0.2) is 0 Å². The topological polar surface area (TPSA) is 53.9 Å². The van der Waals surface area contributed by atoms with Crippen molar-refractivity contribution in [1.82, 2.24) is 19.7 Å². The smallest absolute Gasteiger partial charge is 0.257 e. The Kier molecular flexibility index (Phi) is 2.65. The maximum atomic E-state index is 12.2. The van der Waals surface area contributed by atoms with Crippen LogP contribution in [0.1, 0.15) is 18.0 Å². The molecule has 5 nitrogen and oxygen atoms in total. The molecular formula is C16H18N4O. The summed E-state index contributed by atoms with van der Waals surface area (Å²) < 4.78 is 1.80. The Hall–Kier alpha value is -2.14. The van der Waals surface area contributed by atoms with Gasteiger partial charge in [-0.2, -0.15) is 5.10 Å². The van der Waals surface area contributed by atoms with Gasteiger partial charge in [-0.25, -0.2) is 0 Å². The first-order valence-corrected chi connectivity index (χ1v) is 7.31. The zero-order valence-electron chi connectivity index (χ0n) is 12.3. The van der Waals surface area contributed by atoms with E-state index in [0.29, 0.717) is 5.92 Å². The third-order valence-corrected chi connectivity index (χ3v) is 4.53. The molecule has 4 rings (SSSR count). The minimum Gasteiger partial charge on any atom is -0.306 e. The van der Waals surface area contributed by atoms with Gasteiger partial charge in [0.05, 0.1) is 5.69 Å². The fraction of sp³-hybridized carbons (Fsp3) is 0.375. The highest BCUT2D eigenvalue weighted by Gasteiger charge is 2.27. The van der Waals surface area contributed by atoms with Crippen molar-refractivity contribution in [2.24, 2.45) is 7.05 Å². The number of benzene rings is 1. The lowest BCUT2D eigenvalue weighted by molar-refractivity contribution is 0.410. The minimum atomic E-state index is -0.0452. The lowest BCUT2D eigenvalue weighted by Gasteiger charge is -2.09. The molecule has 1 saturated heterocycles. The van der Waals surface area contributed by atoms with Gasteiger partial charge in [0.2, 0.25) is 0 Å². The summed E-state index contributed by atoms with van der Waals surface area (Å²) in [4.78, 5) is 17.5. The van der Waals surface area contributed by atoms with Crippen LogP contribution in [-0.2, 0) is 7.05 Å². The Morgan fingerprint density at radius 2 is 2.00 bits per heavy atom. The Morgan fingerprint density at radius 1 is 1.24 bits per heavy atom. The van der Waals surface area contributed by atoms with Crippen LogP contribution in [0.2, 0.25) is 0 Å². The highest BCUT2D eigenvalue weighted by Crippen LogP contribution is 2.33. The van der Waals surface area contributed by atoms with E-state index < -0.39 is 0 Å². The van der Waals surface area contributed by atoms with Crippen molar-refractivity contribution in [3.05, 3.63) is 40.3 Å². The highest BCUT2D eigenvalue weighted by atomic mass is 16.1. The maximum absolute atomic E-state index is 12.2. The van der Waals surface area contributed by atoms with Crippen LogP contribution in [0, 0.1) is 0 Å². The van der Waals surface area contributed by atoms with E-state index in [4.69, 9.17) is 5.10 Å². The molecule has 0 amide bonds. The van der Waals surface area contributed by atoms with Gasteiger partial charge in [0, 0.05) is 35.7 Å². The third-order valence-electron chi connectivity index (χ3n) is 4.53. The van der Waals surface area contributed by atoms with Gasteiger partial charge < -0.3 is 9.88 Å². The van der Waals surface area contributed by atoms with Crippen molar-refractivity contribution in [3.63, 3.8) is 0 Å². The summed E-state index contributed by atoms with van der Waals surface area (Å²) in [6.45, 7) is 2.13. The molecule has 1 N–H and O–H groups in total. The second-order valence-corrected chi connectivity index (χ2v) is 5.98. The lowest BCUT2D eigenvalue weighted by Crippen LogP contribution is -2.13. The molecule has 0 aliphatic carbocycles. The first-order chi connectivity index (χ1) is 10.1. The molecule has 1 aliphatic rings. The zero-order valence-corrected chi connectivity index (χ0v) is 12.3. The summed E-state index contributed by atoms with van der Waals surface area (Å²) in [6, 6.07) is 7.80. The van der Waals surface area contributed by atoms with Crippen molar-refractivity contribution in [3.8, 4) is 0 Å². The SMILES string of the molecule is CN1CCC(c2nn(C)c3[nH]c(=O)c4ccccc4c23)C1. The Morgan fingerprint density at radius 3 is 2.71 bits per heavy atom. The number of pyridine rings is 1. The highest BCUT2D eigenvalue weighted by molar-refractivity contribution is 6.05. The summed E-state index contributed by atoms with van der Waals surface area (Å²) in [5.41, 5.74) is 1.89. The molecule has 21 heavy (non-hydrogen) atoms. The van der Waals surface area contributed by atoms with Crippen molar-refractivity contribution in [2.75, 3.05) is 20.1 Å². The van der Waals surface area contributed by atoms with Crippen LogP contribution in [0.15, 0.2) is 29.1 Å².